The van der Waals surface area contributed by atoms with E-state index in [1.54, 1.807) is 24.4 Å². The molecule has 133 valence electrons. The van der Waals surface area contributed by atoms with Gasteiger partial charge in [0.05, 0.1) is 38.7 Å². The monoisotopic (exact) mass is 369 g/mol. The number of carbonyl (C=O) groups is 2. The van der Waals surface area contributed by atoms with Crippen molar-refractivity contribution in [1.29, 1.82) is 0 Å². The van der Waals surface area contributed by atoms with Crippen molar-refractivity contribution < 1.29 is 60.3 Å². The van der Waals surface area contributed by atoms with Crippen LogP contribution in [0.3, 0.4) is 0 Å². The van der Waals surface area contributed by atoms with Crippen LogP contribution in [0.25, 0.3) is 0 Å². The standard InChI is InChI=1S/C9H9NO4.C7H9NO2.B.Na.H/c1-13-8(11)6-4-3-5-10-7(6)9(12)14-2;9-4-6-2-1-3-8-7(6)5-10;;;/h3-5H,1-2H3;1-3,9-10H,4-5H2;;;/q;;;+1;-1. The molecule has 0 saturated carbocycles. The molecule has 0 atom stereocenters. The Morgan fingerprint density at radius 3 is 2.08 bits per heavy atom. The average molecular weight is 369 g/mol. The van der Waals surface area contributed by atoms with Crippen LogP contribution < -0.4 is 29.6 Å². The van der Waals surface area contributed by atoms with E-state index in [4.69, 9.17) is 10.2 Å². The van der Waals surface area contributed by atoms with Gasteiger partial charge in [0.25, 0.3) is 0 Å². The molecule has 8 nitrogen and oxygen atoms in total. The largest absolute Gasteiger partial charge is 1.00 e. The summed E-state index contributed by atoms with van der Waals surface area (Å²) in [6.45, 7) is -0.180. The van der Waals surface area contributed by atoms with Crippen molar-refractivity contribution in [2.75, 3.05) is 14.2 Å². The zero-order valence-corrected chi connectivity index (χ0v) is 16.9. The van der Waals surface area contributed by atoms with Gasteiger partial charge in [-0.05, 0) is 18.2 Å². The van der Waals surface area contributed by atoms with Crippen molar-refractivity contribution in [3.8, 4) is 0 Å². The van der Waals surface area contributed by atoms with E-state index in [1.807, 2.05) is 0 Å². The summed E-state index contributed by atoms with van der Waals surface area (Å²) in [4.78, 5) is 29.9. The van der Waals surface area contributed by atoms with Crippen molar-refractivity contribution >= 4 is 20.4 Å². The molecular weight excluding hydrogens is 350 g/mol. The molecule has 3 radical (unpaired) electrons. The van der Waals surface area contributed by atoms with E-state index in [1.165, 1.54) is 26.5 Å². The fourth-order valence-electron chi connectivity index (χ4n) is 1.70. The summed E-state index contributed by atoms with van der Waals surface area (Å²) in [7, 11) is 2.45. The first-order valence-corrected chi connectivity index (χ1v) is 6.85. The van der Waals surface area contributed by atoms with E-state index in [2.05, 4.69) is 19.4 Å². The van der Waals surface area contributed by atoms with E-state index in [9.17, 15) is 9.59 Å². The Morgan fingerprint density at radius 2 is 1.58 bits per heavy atom. The maximum absolute atomic E-state index is 11.2. The van der Waals surface area contributed by atoms with Crippen LogP contribution in [0.2, 0.25) is 0 Å². The van der Waals surface area contributed by atoms with Crippen molar-refractivity contribution in [1.82, 2.24) is 9.97 Å². The number of aliphatic hydroxyl groups excluding tert-OH is 2. The van der Waals surface area contributed by atoms with Crippen LogP contribution in [0, 0.1) is 0 Å². The number of esters is 2. The molecule has 0 fully saturated rings. The number of aromatic nitrogens is 2. The first kappa shape index (κ1) is 26.5. The van der Waals surface area contributed by atoms with E-state index in [-0.39, 0.29) is 63.9 Å². The molecule has 2 heterocycles. The molecule has 0 aromatic carbocycles. The van der Waals surface area contributed by atoms with Crippen LogP contribution in [-0.4, -0.2) is 54.8 Å². The third kappa shape index (κ3) is 7.63. The quantitative estimate of drug-likeness (QED) is 0.447. The SMILES string of the molecule is COC(=O)c1cccnc1C(=O)OC.OCc1cccnc1CO.[B].[H-].[Na+]. The van der Waals surface area contributed by atoms with Gasteiger partial charge in [-0.15, -0.1) is 0 Å². The minimum atomic E-state index is -0.661. The molecule has 2 aromatic rings. The van der Waals surface area contributed by atoms with Gasteiger partial charge in [0.2, 0.25) is 0 Å². The number of carbonyl (C=O) groups excluding carboxylic acids is 2. The molecule has 2 aromatic heterocycles. The third-order valence-electron chi connectivity index (χ3n) is 2.90. The summed E-state index contributed by atoms with van der Waals surface area (Å²) in [5.74, 6) is -1.27. The number of aliphatic hydroxyl groups is 2. The minimum Gasteiger partial charge on any atom is -1.00 e. The topological polar surface area (TPSA) is 119 Å². The van der Waals surface area contributed by atoms with E-state index < -0.39 is 11.9 Å². The smallest absolute Gasteiger partial charge is 1.00 e. The Balaban J connectivity index is -0.000000400. The van der Waals surface area contributed by atoms with Crippen LogP contribution in [-0.2, 0) is 22.7 Å². The van der Waals surface area contributed by atoms with Gasteiger partial charge in [0, 0.05) is 26.4 Å². The molecule has 0 aliphatic rings. The second-order valence-electron chi connectivity index (χ2n) is 4.31. The molecule has 26 heavy (non-hydrogen) atoms. The summed E-state index contributed by atoms with van der Waals surface area (Å²) in [6, 6.07) is 6.45. The fourth-order valence-corrected chi connectivity index (χ4v) is 1.70. The molecule has 2 N–H and O–H groups in total. The van der Waals surface area contributed by atoms with Crippen LogP contribution in [0.5, 0.6) is 0 Å². The summed E-state index contributed by atoms with van der Waals surface area (Å²) in [5, 5.41) is 17.4. The maximum atomic E-state index is 11.2. The first-order chi connectivity index (χ1) is 11.6. The number of pyridine rings is 2. The summed E-state index contributed by atoms with van der Waals surface area (Å²) in [5.41, 5.74) is 1.29. The van der Waals surface area contributed by atoms with Gasteiger partial charge < -0.3 is 21.1 Å². The van der Waals surface area contributed by atoms with Crippen LogP contribution >= 0.6 is 0 Å². The van der Waals surface area contributed by atoms with Gasteiger partial charge in [-0.25, -0.2) is 14.6 Å². The normalized spacial score (nSPS) is 8.77. The molecule has 0 amide bonds. The minimum absolute atomic E-state index is 0. The number of hydrogen-bond acceptors (Lipinski definition) is 8. The first-order valence-electron chi connectivity index (χ1n) is 6.85. The predicted molar refractivity (Wildman–Crippen MR) is 89.9 cm³/mol. The molecule has 0 saturated heterocycles. The zero-order valence-electron chi connectivity index (χ0n) is 15.9. The molecular formula is C16H19BN2NaO6. The Labute approximate surface area is 176 Å². The van der Waals surface area contributed by atoms with E-state index in [0.29, 0.717) is 11.3 Å². The number of nitrogens with zero attached hydrogens (tertiary/aromatic N) is 2. The van der Waals surface area contributed by atoms with E-state index >= 15 is 0 Å². The molecule has 0 spiro atoms. The van der Waals surface area contributed by atoms with Crippen molar-refractivity contribution in [2.45, 2.75) is 13.2 Å². The number of ether oxygens (including phenoxy) is 2. The van der Waals surface area contributed by atoms with Crippen molar-refractivity contribution in [2.24, 2.45) is 0 Å². The molecule has 2 rings (SSSR count). The van der Waals surface area contributed by atoms with Gasteiger partial charge in [-0.2, -0.15) is 0 Å². The van der Waals surface area contributed by atoms with Crippen LogP contribution in [0.1, 0.15) is 33.5 Å². The predicted octanol–water partition coefficient (Wildman–Crippen LogP) is -2.54. The summed E-state index contributed by atoms with van der Waals surface area (Å²) in [6.07, 6.45) is 2.99. The second kappa shape index (κ2) is 14.4. The summed E-state index contributed by atoms with van der Waals surface area (Å²) < 4.78 is 8.95. The molecule has 10 heteroatoms. The van der Waals surface area contributed by atoms with Crippen LogP contribution in [0.15, 0.2) is 36.7 Å². The average Bonchev–Trinajstić information content (AvgIpc) is 2.67. The molecule has 0 aliphatic heterocycles. The van der Waals surface area contributed by atoms with Crippen molar-refractivity contribution in [3.63, 3.8) is 0 Å². The Morgan fingerprint density at radius 1 is 1.00 bits per heavy atom. The van der Waals surface area contributed by atoms with Gasteiger partial charge in [0.15, 0.2) is 5.69 Å². The Kier molecular flexibility index (Phi) is 14.7. The second-order valence-corrected chi connectivity index (χ2v) is 4.31. The molecule has 0 unspecified atom stereocenters. The number of methoxy groups -OCH3 is 2. The maximum Gasteiger partial charge on any atom is 1.00 e. The van der Waals surface area contributed by atoms with E-state index in [0.717, 1.165) is 0 Å². The molecule has 0 bridgehead atoms. The van der Waals surface area contributed by atoms with Gasteiger partial charge >= 0.3 is 41.5 Å². The Hall–Kier alpha value is -1.78. The summed E-state index contributed by atoms with van der Waals surface area (Å²) >= 11 is 0. The number of rotatable bonds is 4. The number of hydrogen-bond donors (Lipinski definition) is 2. The van der Waals surface area contributed by atoms with Crippen molar-refractivity contribution in [3.05, 3.63) is 59.2 Å². The Bertz CT molecular complexity index is 650. The van der Waals surface area contributed by atoms with Crippen LogP contribution in [0.4, 0.5) is 0 Å². The zero-order chi connectivity index (χ0) is 17.9. The third-order valence-corrected chi connectivity index (χ3v) is 2.90. The van der Waals surface area contributed by atoms with Gasteiger partial charge in [-0.1, -0.05) is 6.07 Å². The van der Waals surface area contributed by atoms with Gasteiger partial charge in [0.1, 0.15) is 0 Å². The molecule has 0 aliphatic carbocycles. The fraction of sp³-hybridized carbons (Fsp3) is 0.250. The van der Waals surface area contributed by atoms with Gasteiger partial charge in [-0.3, -0.25) is 4.98 Å².